The summed E-state index contributed by atoms with van der Waals surface area (Å²) >= 11 is 0. The first-order valence-corrected chi connectivity index (χ1v) is 7.48. The highest BCUT2D eigenvalue weighted by Crippen LogP contribution is 2.32. The average molecular weight is 286 g/mol. The average Bonchev–Trinajstić information content (AvgIpc) is 3.16. The lowest BCUT2D eigenvalue weighted by Gasteiger charge is -2.29. The minimum atomic E-state index is 0.369. The van der Waals surface area contributed by atoms with Crippen molar-refractivity contribution in [2.75, 3.05) is 13.1 Å². The van der Waals surface area contributed by atoms with E-state index in [2.05, 4.69) is 52.5 Å². The molecule has 0 spiro atoms. The summed E-state index contributed by atoms with van der Waals surface area (Å²) in [4.78, 5) is 2.54. The van der Waals surface area contributed by atoms with E-state index in [9.17, 15) is 0 Å². The third-order valence-corrected chi connectivity index (χ3v) is 4.51. The predicted molar refractivity (Wildman–Crippen MR) is 80.9 cm³/mol. The van der Waals surface area contributed by atoms with E-state index in [1.165, 1.54) is 12.0 Å². The molecule has 3 atom stereocenters. The molecule has 1 aliphatic rings. The van der Waals surface area contributed by atoms with Crippen LogP contribution in [0.1, 0.15) is 31.9 Å². The third kappa shape index (κ3) is 2.82. The number of likely N-dealkylation sites (tertiary alicyclic amines) is 1. The van der Waals surface area contributed by atoms with Crippen molar-refractivity contribution in [2.24, 2.45) is 11.7 Å². The summed E-state index contributed by atoms with van der Waals surface area (Å²) in [5.41, 5.74) is 8.11. The lowest BCUT2D eigenvalue weighted by Crippen LogP contribution is -2.30. The minimum absolute atomic E-state index is 0.369. The molecule has 1 aromatic heterocycles. The Kier molecular flexibility index (Phi) is 3.98. The van der Waals surface area contributed by atoms with Crippen LogP contribution in [0.4, 0.5) is 0 Å². The zero-order valence-electron chi connectivity index (χ0n) is 12.6. The van der Waals surface area contributed by atoms with Crippen LogP contribution in [-0.2, 0) is 0 Å². The predicted octanol–water partition coefficient (Wildman–Crippen LogP) is 1.39. The maximum Gasteiger partial charge on any atom is 0.143 e. The van der Waals surface area contributed by atoms with Crippen LogP contribution in [-0.4, -0.2) is 44.2 Å². The lowest BCUT2D eigenvalue weighted by atomic mass is 10.1. The molecule has 0 amide bonds. The van der Waals surface area contributed by atoms with Gasteiger partial charge >= 0.3 is 0 Å². The molecule has 1 saturated heterocycles. The van der Waals surface area contributed by atoms with Crippen molar-refractivity contribution < 1.29 is 0 Å². The summed E-state index contributed by atoms with van der Waals surface area (Å²) in [6, 6.07) is 9.34. The molecular formula is C15H22N6. The summed E-state index contributed by atoms with van der Waals surface area (Å²) in [5.74, 6) is 0.616. The number of aromatic nitrogens is 4. The second kappa shape index (κ2) is 5.91. The van der Waals surface area contributed by atoms with Crippen molar-refractivity contribution in [2.45, 2.75) is 32.4 Å². The van der Waals surface area contributed by atoms with Gasteiger partial charge < -0.3 is 5.73 Å². The third-order valence-electron chi connectivity index (χ3n) is 4.51. The topological polar surface area (TPSA) is 72.9 Å². The van der Waals surface area contributed by atoms with E-state index >= 15 is 0 Å². The van der Waals surface area contributed by atoms with Crippen molar-refractivity contribution in [3.63, 3.8) is 0 Å². The Hall–Kier alpha value is -1.79. The number of hydrogen-bond acceptors (Lipinski definition) is 5. The fourth-order valence-electron chi connectivity index (χ4n) is 3.28. The quantitative estimate of drug-likeness (QED) is 0.919. The number of nitrogens with two attached hydrogens (primary N) is 1. The van der Waals surface area contributed by atoms with Crippen LogP contribution in [0.5, 0.6) is 0 Å². The van der Waals surface area contributed by atoms with Gasteiger partial charge in [-0.1, -0.05) is 12.1 Å². The van der Waals surface area contributed by atoms with Gasteiger partial charge in [-0.05, 0) is 60.9 Å². The lowest BCUT2D eigenvalue weighted by molar-refractivity contribution is 0.200. The van der Waals surface area contributed by atoms with E-state index in [1.807, 2.05) is 6.07 Å². The van der Waals surface area contributed by atoms with Crippen LogP contribution in [0.2, 0.25) is 0 Å². The highest BCUT2D eigenvalue weighted by molar-refractivity contribution is 5.35. The zero-order chi connectivity index (χ0) is 14.8. The van der Waals surface area contributed by atoms with Crippen LogP contribution in [0.25, 0.3) is 5.69 Å². The number of tetrazole rings is 1. The van der Waals surface area contributed by atoms with Crippen molar-refractivity contribution in [1.82, 2.24) is 25.1 Å². The Bertz CT molecular complexity index is 582. The van der Waals surface area contributed by atoms with E-state index in [4.69, 9.17) is 5.73 Å². The fraction of sp³-hybridized carbons (Fsp3) is 0.533. The van der Waals surface area contributed by atoms with Crippen LogP contribution in [0.15, 0.2) is 30.6 Å². The van der Waals surface area contributed by atoms with Crippen molar-refractivity contribution in [1.29, 1.82) is 0 Å². The molecule has 1 fully saturated rings. The van der Waals surface area contributed by atoms with E-state index in [1.54, 1.807) is 11.0 Å². The van der Waals surface area contributed by atoms with Crippen molar-refractivity contribution in [3.8, 4) is 5.69 Å². The highest BCUT2D eigenvalue weighted by Gasteiger charge is 2.31. The van der Waals surface area contributed by atoms with Gasteiger partial charge in [-0.2, -0.15) is 0 Å². The molecule has 112 valence electrons. The Morgan fingerprint density at radius 2 is 2.29 bits per heavy atom. The van der Waals surface area contributed by atoms with Crippen LogP contribution >= 0.6 is 0 Å². The van der Waals surface area contributed by atoms with Gasteiger partial charge in [-0.25, -0.2) is 4.68 Å². The molecular weight excluding hydrogens is 264 g/mol. The van der Waals surface area contributed by atoms with Crippen LogP contribution < -0.4 is 5.73 Å². The van der Waals surface area contributed by atoms with E-state index in [0.717, 1.165) is 18.8 Å². The smallest absolute Gasteiger partial charge is 0.143 e. The SMILES string of the molecule is CC1CC(CN)CN1C(C)c1cccc(-n2cnnn2)c1. The molecule has 0 saturated carbocycles. The van der Waals surface area contributed by atoms with Crippen molar-refractivity contribution >= 4 is 0 Å². The minimum Gasteiger partial charge on any atom is -0.330 e. The van der Waals surface area contributed by atoms with Crippen LogP contribution in [0, 0.1) is 5.92 Å². The monoisotopic (exact) mass is 286 g/mol. The molecule has 1 aliphatic heterocycles. The van der Waals surface area contributed by atoms with Gasteiger partial charge in [-0.3, -0.25) is 4.90 Å². The second-order valence-electron chi connectivity index (χ2n) is 5.91. The fourth-order valence-corrected chi connectivity index (χ4v) is 3.28. The molecule has 1 aromatic carbocycles. The summed E-state index contributed by atoms with van der Waals surface area (Å²) in [5, 5.41) is 11.3. The molecule has 0 bridgehead atoms. The Balaban J connectivity index is 1.82. The zero-order valence-corrected chi connectivity index (χ0v) is 12.6. The number of benzene rings is 1. The maximum absolute atomic E-state index is 5.83. The standard InChI is InChI=1S/C15H22N6/c1-11-6-13(8-16)9-20(11)12(2)14-4-3-5-15(7-14)21-10-17-18-19-21/h3-5,7,10-13H,6,8-9,16H2,1-2H3. The van der Waals surface area contributed by atoms with Gasteiger partial charge in [0.1, 0.15) is 6.33 Å². The Labute approximate surface area is 124 Å². The first-order chi connectivity index (χ1) is 10.2. The molecule has 2 heterocycles. The first kappa shape index (κ1) is 14.2. The first-order valence-electron chi connectivity index (χ1n) is 7.48. The summed E-state index contributed by atoms with van der Waals surface area (Å²) in [6.45, 7) is 6.40. The molecule has 6 heteroatoms. The number of rotatable bonds is 4. The molecule has 2 aromatic rings. The van der Waals surface area contributed by atoms with Crippen molar-refractivity contribution in [3.05, 3.63) is 36.2 Å². The molecule has 0 radical (unpaired) electrons. The molecule has 0 aliphatic carbocycles. The largest absolute Gasteiger partial charge is 0.330 e. The molecule has 21 heavy (non-hydrogen) atoms. The Morgan fingerprint density at radius 1 is 1.43 bits per heavy atom. The Morgan fingerprint density at radius 3 is 2.95 bits per heavy atom. The molecule has 3 rings (SSSR count). The van der Waals surface area contributed by atoms with E-state index < -0.39 is 0 Å². The number of hydrogen-bond donors (Lipinski definition) is 1. The molecule has 2 N–H and O–H groups in total. The highest BCUT2D eigenvalue weighted by atomic mass is 15.5. The van der Waals surface area contributed by atoms with E-state index in [0.29, 0.717) is 18.0 Å². The van der Waals surface area contributed by atoms with Gasteiger partial charge in [0.05, 0.1) is 5.69 Å². The van der Waals surface area contributed by atoms with Gasteiger partial charge in [0, 0.05) is 18.6 Å². The normalized spacial score (nSPS) is 24.3. The molecule has 6 nitrogen and oxygen atoms in total. The number of nitrogens with zero attached hydrogens (tertiary/aromatic N) is 5. The van der Waals surface area contributed by atoms with Crippen LogP contribution in [0.3, 0.4) is 0 Å². The van der Waals surface area contributed by atoms with E-state index in [-0.39, 0.29) is 0 Å². The second-order valence-corrected chi connectivity index (χ2v) is 5.91. The van der Waals surface area contributed by atoms with Gasteiger partial charge in [0.15, 0.2) is 0 Å². The summed E-state index contributed by atoms with van der Waals surface area (Å²) < 4.78 is 1.69. The van der Waals surface area contributed by atoms with Gasteiger partial charge in [-0.15, -0.1) is 5.10 Å². The summed E-state index contributed by atoms with van der Waals surface area (Å²) in [6.07, 6.45) is 2.81. The molecule has 3 unspecified atom stereocenters. The summed E-state index contributed by atoms with van der Waals surface area (Å²) in [7, 11) is 0. The van der Waals surface area contributed by atoms with Gasteiger partial charge in [0.2, 0.25) is 0 Å². The van der Waals surface area contributed by atoms with Gasteiger partial charge in [0.25, 0.3) is 0 Å². The maximum atomic E-state index is 5.83.